The Morgan fingerprint density at radius 3 is 3.08 bits per heavy atom. The van der Waals surface area contributed by atoms with Crippen LogP contribution in [0, 0.1) is 5.92 Å². The topological polar surface area (TPSA) is 81.4 Å². The van der Waals surface area contributed by atoms with Gasteiger partial charge in [-0.25, -0.2) is 4.52 Å². The first kappa shape index (κ1) is 14.9. The van der Waals surface area contributed by atoms with E-state index in [4.69, 9.17) is 16.3 Å². The first-order valence-electron chi connectivity index (χ1n) is 7.60. The highest BCUT2D eigenvalue weighted by molar-refractivity contribution is 6.34. The summed E-state index contributed by atoms with van der Waals surface area (Å²) in [6.45, 7) is 0.596. The van der Waals surface area contributed by atoms with E-state index >= 15 is 0 Å². The highest BCUT2D eigenvalue weighted by Crippen LogP contribution is 2.32. The monoisotopic (exact) mass is 343 g/mol. The maximum atomic E-state index is 12.6. The van der Waals surface area contributed by atoms with Crippen LogP contribution in [0.5, 0.6) is 5.75 Å². The number of aromatic nitrogens is 4. The number of hydrogen-bond donors (Lipinski definition) is 1. The zero-order chi connectivity index (χ0) is 16.5. The number of ether oxygens (including phenoxy) is 1. The van der Waals surface area contributed by atoms with E-state index < -0.39 is 5.91 Å². The summed E-state index contributed by atoms with van der Waals surface area (Å²) in [5, 5.41) is 7.15. The van der Waals surface area contributed by atoms with Gasteiger partial charge in [0.2, 0.25) is 5.95 Å². The third-order valence-electron chi connectivity index (χ3n) is 3.74. The first-order valence-corrected chi connectivity index (χ1v) is 7.97. The van der Waals surface area contributed by atoms with Crippen LogP contribution in [0.1, 0.15) is 23.2 Å². The molecule has 1 aliphatic rings. The van der Waals surface area contributed by atoms with E-state index in [1.54, 1.807) is 36.8 Å². The maximum Gasteiger partial charge on any atom is 0.263 e. The van der Waals surface area contributed by atoms with Crippen LogP contribution < -0.4 is 10.1 Å². The fourth-order valence-electron chi connectivity index (χ4n) is 2.30. The third kappa shape index (κ3) is 3.03. The Labute approximate surface area is 142 Å². The number of fused-ring (bicyclic) bond motifs is 1. The molecule has 1 N–H and O–H groups in total. The smallest absolute Gasteiger partial charge is 0.263 e. The molecule has 122 valence electrons. The summed E-state index contributed by atoms with van der Waals surface area (Å²) in [6.07, 6.45) is 7.13. The minimum absolute atomic E-state index is 0.182. The third-order valence-corrected chi connectivity index (χ3v) is 4.06. The van der Waals surface area contributed by atoms with Gasteiger partial charge in [0.25, 0.3) is 5.91 Å². The lowest BCUT2D eigenvalue weighted by molar-refractivity contribution is 0.102. The molecule has 1 saturated carbocycles. The van der Waals surface area contributed by atoms with Gasteiger partial charge < -0.3 is 4.74 Å². The van der Waals surface area contributed by atoms with Gasteiger partial charge in [-0.05, 0) is 30.9 Å². The van der Waals surface area contributed by atoms with Crippen molar-refractivity contribution in [1.29, 1.82) is 0 Å². The van der Waals surface area contributed by atoms with Crippen molar-refractivity contribution in [3.05, 3.63) is 47.4 Å². The maximum absolute atomic E-state index is 12.6. The molecule has 3 aromatic rings. The van der Waals surface area contributed by atoms with E-state index in [2.05, 4.69) is 20.4 Å². The minimum atomic E-state index is -0.407. The molecule has 0 spiro atoms. The lowest BCUT2D eigenvalue weighted by Crippen LogP contribution is -2.16. The molecule has 2 heterocycles. The summed E-state index contributed by atoms with van der Waals surface area (Å²) < 4.78 is 7.29. The summed E-state index contributed by atoms with van der Waals surface area (Å²) in [4.78, 5) is 20.8. The van der Waals surface area contributed by atoms with Crippen LogP contribution in [-0.4, -0.2) is 32.1 Å². The number of carbonyl (C=O) groups is 1. The summed E-state index contributed by atoms with van der Waals surface area (Å²) in [5.74, 6) is 0.821. The predicted octanol–water partition coefficient (Wildman–Crippen LogP) is 2.82. The van der Waals surface area contributed by atoms with Crippen molar-refractivity contribution in [1.82, 2.24) is 19.6 Å². The second-order valence-corrected chi connectivity index (χ2v) is 6.04. The summed E-state index contributed by atoms with van der Waals surface area (Å²) in [7, 11) is 0. The van der Waals surface area contributed by atoms with Crippen LogP contribution in [0.3, 0.4) is 0 Å². The average molecular weight is 344 g/mol. The van der Waals surface area contributed by atoms with Crippen LogP contribution in [0.15, 0.2) is 36.8 Å². The van der Waals surface area contributed by atoms with E-state index in [1.165, 1.54) is 17.4 Å². The molecule has 4 rings (SSSR count). The lowest BCUT2D eigenvalue weighted by Gasteiger charge is -2.11. The van der Waals surface area contributed by atoms with Crippen molar-refractivity contribution in [2.75, 3.05) is 11.9 Å². The fourth-order valence-corrected chi connectivity index (χ4v) is 2.55. The molecule has 0 atom stereocenters. The van der Waals surface area contributed by atoms with Gasteiger partial charge in [-0.1, -0.05) is 17.7 Å². The SMILES string of the molecule is O=C(Nc1nc2cnccn2n1)c1c(Cl)cccc1OCC1CC1. The number of rotatable bonds is 5. The number of nitrogens with one attached hydrogen (secondary N) is 1. The Balaban J connectivity index is 1.58. The largest absolute Gasteiger partial charge is 0.492 e. The number of nitrogens with zero attached hydrogens (tertiary/aromatic N) is 4. The average Bonchev–Trinajstić information content (AvgIpc) is 3.31. The Kier molecular flexibility index (Phi) is 3.78. The number of amides is 1. The zero-order valence-corrected chi connectivity index (χ0v) is 13.4. The molecule has 0 bridgehead atoms. The van der Waals surface area contributed by atoms with Gasteiger partial charge in [-0.2, -0.15) is 4.98 Å². The molecule has 2 aromatic heterocycles. The van der Waals surface area contributed by atoms with Crippen molar-refractivity contribution in [3.8, 4) is 5.75 Å². The van der Waals surface area contributed by atoms with Crippen LogP contribution in [0.25, 0.3) is 5.65 Å². The Bertz CT molecular complexity index is 873. The van der Waals surface area contributed by atoms with Crippen LogP contribution >= 0.6 is 11.6 Å². The molecule has 0 saturated heterocycles. The number of anilines is 1. The molecular formula is C16H14ClN5O2. The van der Waals surface area contributed by atoms with Crippen molar-refractivity contribution < 1.29 is 9.53 Å². The molecule has 8 heteroatoms. The van der Waals surface area contributed by atoms with Gasteiger partial charge >= 0.3 is 0 Å². The molecule has 24 heavy (non-hydrogen) atoms. The van der Waals surface area contributed by atoms with E-state index in [0.29, 0.717) is 28.9 Å². The summed E-state index contributed by atoms with van der Waals surface area (Å²) in [5.41, 5.74) is 0.828. The number of hydrogen-bond acceptors (Lipinski definition) is 5. The van der Waals surface area contributed by atoms with Gasteiger partial charge in [0.15, 0.2) is 5.65 Å². The van der Waals surface area contributed by atoms with Gasteiger partial charge in [0.1, 0.15) is 11.3 Å². The number of benzene rings is 1. The second kappa shape index (κ2) is 6.09. The van der Waals surface area contributed by atoms with Gasteiger partial charge in [-0.15, -0.1) is 5.10 Å². The highest BCUT2D eigenvalue weighted by Gasteiger charge is 2.24. The van der Waals surface area contributed by atoms with Crippen molar-refractivity contribution in [2.45, 2.75) is 12.8 Å². The highest BCUT2D eigenvalue weighted by atomic mass is 35.5. The van der Waals surface area contributed by atoms with Crippen molar-refractivity contribution >= 4 is 29.1 Å². The molecule has 0 aliphatic heterocycles. The van der Waals surface area contributed by atoms with E-state index in [9.17, 15) is 4.79 Å². The van der Waals surface area contributed by atoms with Crippen LogP contribution in [-0.2, 0) is 0 Å². The summed E-state index contributed by atoms with van der Waals surface area (Å²) >= 11 is 6.20. The fraction of sp³-hybridized carbons (Fsp3) is 0.250. The zero-order valence-electron chi connectivity index (χ0n) is 12.6. The summed E-state index contributed by atoms with van der Waals surface area (Å²) in [6, 6.07) is 5.15. The normalized spacial score (nSPS) is 13.9. The number of halogens is 1. The standard InChI is InChI=1S/C16H14ClN5O2/c17-11-2-1-3-12(24-9-10-4-5-10)14(11)15(23)20-16-19-13-8-18-6-7-22(13)21-16/h1-3,6-8,10H,4-5,9H2,(H,20,21,23). The Hall–Kier alpha value is -2.67. The first-order chi connectivity index (χ1) is 11.7. The number of carbonyl (C=O) groups excluding carboxylic acids is 1. The van der Waals surface area contributed by atoms with E-state index in [-0.39, 0.29) is 11.5 Å². The molecule has 0 unspecified atom stereocenters. The molecule has 0 radical (unpaired) electrons. The van der Waals surface area contributed by atoms with Crippen molar-refractivity contribution in [3.63, 3.8) is 0 Å². The quantitative estimate of drug-likeness (QED) is 0.770. The molecule has 1 aromatic carbocycles. The minimum Gasteiger partial charge on any atom is -0.492 e. The van der Waals surface area contributed by atoms with Crippen LogP contribution in [0.4, 0.5) is 5.95 Å². The molecule has 1 aliphatic carbocycles. The lowest BCUT2D eigenvalue weighted by atomic mass is 10.2. The van der Waals surface area contributed by atoms with Crippen molar-refractivity contribution in [2.24, 2.45) is 5.92 Å². The van der Waals surface area contributed by atoms with Gasteiger partial charge in [0, 0.05) is 12.4 Å². The van der Waals surface area contributed by atoms with E-state index in [0.717, 1.165) is 0 Å². The second-order valence-electron chi connectivity index (χ2n) is 5.64. The van der Waals surface area contributed by atoms with Gasteiger partial charge in [0.05, 0.1) is 17.8 Å². The predicted molar refractivity (Wildman–Crippen MR) is 88.4 cm³/mol. The van der Waals surface area contributed by atoms with Gasteiger partial charge in [-0.3, -0.25) is 15.1 Å². The van der Waals surface area contributed by atoms with E-state index in [1.807, 2.05) is 0 Å². The molecular weight excluding hydrogens is 330 g/mol. The molecule has 1 amide bonds. The Morgan fingerprint density at radius 2 is 2.29 bits per heavy atom. The molecule has 7 nitrogen and oxygen atoms in total. The van der Waals surface area contributed by atoms with Crippen LogP contribution in [0.2, 0.25) is 5.02 Å². The Morgan fingerprint density at radius 1 is 1.42 bits per heavy atom. The molecule has 1 fully saturated rings.